The number of carbonyl (C=O) groups is 1. The standard InChI is InChI=1S/C9H19NO2S/c1-7(2)3-5-12-9(11)8(10)4-6-13/h7-8,13H,3-6,10H2,1-2H3. The van der Waals surface area contributed by atoms with Gasteiger partial charge in [0.25, 0.3) is 0 Å². The molecule has 4 heteroatoms. The molecule has 3 nitrogen and oxygen atoms in total. The van der Waals surface area contributed by atoms with E-state index in [-0.39, 0.29) is 5.97 Å². The normalized spacial score (nSPS) is 13.0. The molecule has 0 aromatic rings. The number of nitrogens with two attached hydrogens (primary N) is 1. The number of rotatable bonds is 6. The molecule has 0 fully saturated rings. The molecule has 0 amide bonds. The van der Waals surface area contributed by atoms with Gasteiger partial charge in [0.15, 0.2) is 0 Å². The summed E-state index contributed by atoms with van der Waals surface area (Å²) in [5, 5.41) is 0. The molecule has 0 heterocycles. The molecule has 0 saturated heterocycles. The van der Waals surface area contributed by atoms with Crippen molar-refractivity contribution in [2.75, 3.05) is 12.4 Å². The third-order valence-electron chi connectivity index (χ3n) is 1.68. The zero-order valence-corrected chi connectivity index (χ0v) is 9.22. The average Bonchev–Trinajstić information content (AvgIpc) is 2.04. The maximum atomic E-state index is 11.1. The Bertz CT molecular complexity index is 151. The van der Waals surface area contributed by atoms with E-state index in [0.29, 0.717) is 24.7 Å². The minimum Gasteiger partial charge on any atom is -0.465 e. The largest absolute Gasteiger partial charge is 0.465 e. The van der Waals surface area contributed by atoms with E-state index in [9.17, 15) is 4.79 Å². The monoisotopic (exact) mass is 205 g/mol. The summed E-state index contributed by atoms with van der Waals surface area (Å²) in [5.41, 5.74) is 5.52. The van der Waals surface area contributed by atoms with Crippen LogP contribution in [0.25, 0.3) is 0 Å². The van der Waals surface area contributed by atoms with Crippen LogP contribution < -0.4 is 5.73 Å². The van der Waals surface area contributed by atoms with E-state index in [1.165, 1.54) is 0 Å². The van der Waals surface area contributed by atoms with Crippen LogP contribution in [0.1, 0.15) is 26.7 Å². The molecule has 0 saturated carbocycles. The van der Waals surface area contributed by atoms with Gasteiger partial charge in [-0.2, -0.15) is 12.6 Å². The van der Waals surface area contributed by atoms with Gasteiger partial charge in [0, 0.05) is 0 Å². The van der Waals surface area contributed by atoms with Gasteiger partial charge in [-0.15, -0.1) is 0 Å². The first kappa shape index (κ1) is 12.8. The van der Waals surface area contributed by atoms with Crippen molar-refractivity contribution in [3.05, 3.63) is 0 Å². The number of thiol groups is 1. The molecular formula is C9H19NO2S. The highest BCUT2D eigenvalue weighted by Crippen LogP contribution is 2.01. The summed E-state index contributed by atoms with van der Waals surface area (Å²) in [6, 6.07) is -0.510. The van der Waals surface area contributed by atoms with Crippen LogP contribution in [0, 0.1) is 5.92 Å². The van der Waals surface area contributed by atoms with Gasteiger partial charge in [0.2, 0.25) is 0 Å². The van der Waals surface area contributed by atoms with Crippen molar-refractivity contribution in [1.29, 1.82) is 0 Å². The van der Waals surface area contributed by atoms with Gasteiger partial charge in [-0.25, -0.2) is 0 Å². The Morgan fingerprint density at radius 2 is 2.08 bits per heavy atom. The summed E-state index contributed by atoms with van der Waals surface area (Å²) in [4.78, 5) is 11.1. The predicted octanol–water partition coefficient (Wildman–Crippen LogP) is 1.22. The summed E-state index contributed by atoms with van der Waals surface area (Å²) >= 11 is 3.99. The van der Waals surface area contributed by atoms with Crippen LogP contribution in [0.15, 0.2) is 0 Å². The average molecular weight is 205 g/mol. The molecule has 0 aromatic heterocycles. The van der Waals surface area contributed by atoms with Crippen molar-refractivity contribution in [2.24, 2.45) is 11.7 Å². The second kappa shape index (κ2) is 7.21. The molecule has 78 valence electrons. The molecule has 2 N–H and O–H groups in total. The van der Waals surface area contributed by atoms with Crippen molar-refractivity contribution in [3.8, 4) is 0 Å². The number of ether oxygens (including phenoxy) is 1. The van der Waals surface area contributed by atoms with E-state index in [4.69, 9.17) is 10.5 Å². The summed E-state index contributed by atoms with van der Waals surface area (Å²) in [5.74, 6) is 0.851. The van der Waals surface area contributed by atoms with E-state index < -0.39 is 6.04 Å². The van der Waals surface area contributed by atoms with Crippen LogP contribution in [0.3, 0.4) is 0 Å². The number of hydrogen-bond donors (Lipinski definition) is 2. The maximum absolute atomic E-state index is 11.1. The Morgan fingerprint density at radius 3 is 2.54 bits per heavy atom. The van der Waals surface area contributed by atoms with E-state index >= 15 is 0 Å². The second-order valence-corrected chi connectivity index (χ2v) is 3.92. The molecule has 1 atom stereocenters. The first-order valence-corrected chi connectivity index (χ1v) is 5.24. The quantitative estimate of drug-likeness (QED) is 0.506. The Kier molecular flexibility index (Phi) is 7.09. The van der Waals surface area contributed by atoms with Crippen molar-refractivity contribution in [3.63, 3.8) is 0 Å². The molecule has 0 aliphatic rings. The zero-order chi connectivity index (χ0) is 10.3. The fraction of sp³-hybridized carbons (Fsp3) is 0.889. The van der Waals surface area contributed by atoms with E-state index in [1.807, 2.05) is 0 Å². The van der Waals surface area contributed by atoms with Crippen LogP contribution in [0.2, 0.25) is 0 Å². The van der Waals surface area contributed by atoms with Gasteiger partial charge in [-0.1, -0.05) is 13.8 Å². The summed E-state index contributed by atoms with van der Waals surface area (Å²) < 4.78 is 4.97. The van der Waals surface area contributed by atoms with Crippen molar-refractivity contribution >= 4 is 18.6 Å². The molecule has 0 spiro atoms. The number of hydrogen-bond acceptors (Lipinski definition) is 4. The van der Waals surface area contributed by atoms with Gasteiger partial charge in [0.05, 0.1) is 6.61 Å². The Labute approximate surface area is 85.4 Å². The Hall–Kier alpha value is -0.220. The van der Waals surface area contributed by atoms with Crippen LogP contribution in [-0.4, -0.2) is 24.4 Å². The van der Waals surface area contributed by atoms with Crippen molar-refractivity contribution in [1.82, 2.24) is 0 Å². The minimum absolute atomic E-state index is 0.310. The second-order valence-electron chi connectivity index (χ2n) is 3.47. The lowest BCUT2D eigenvalue weighted by molar-refractivity contribution is -0.145. The van der Waals surface area contributed by atoms with Gasteiger partial charge >= 0.3 is 5.97 Å². The molecule has 1 unspecified atom stereocenters. The fourth-order valence-corrected chi connectivity index (χ4v) is 1.04. The smallest absolute Gasteiger partial charge is 0.322 e. The van der Waals surface area contributed by atoms with Crippen LogP contribution in [-0.2, 0) is 9.53 Å². The number of esters is 1. The lowest BCUT2D eigenvalue weighted by Crippen LogP contribution is -2.33. The maximum Gasteiger partial charge on any atom is 0.322 e. The highest BCUT2D eigenvalue weighted by Gasteiger charge is 2.13. The Balaban J connectivity index is 3.50. The third-order valence-corrected chi connectivity index (χ3v) is 1.94. The van der Waals surface area contributed by atoms with Crippen molar-refractivity contribution in [2.45, 2.75) is 32.7 Å². The summed E-state index contributed by atoms with van der Waals surface area (Å²) in [6.45, 7) is 4.64. The van der Waals surface area contributed by atoms with Crippen LogP contribution in [0.4, 0.5) is 0 Å². The van der Waals surface area contributed by atoms with E-state index in [0.717, 1.165) is 6.42 Å². The first-order valence-electron chi connectivity index (χ1n) is 4.61. The SMILES string of the molecule is CC(C)CCOC(=O)C(N)CCS. The molecule has 13 heavy (non-hydrogen) atoms. The van der Waals surface area contributed by atoms with E-state index in [2.05, 4.69) is 26.5 Å². The highest BCUT2D eigenvalue weighted by atomic mass is 32.1. The molecule has 0 rings (SSSR count). The van der Waals surface area contributed by atoms with E-state index in [1.54, 1.807) is 0 Å². The molecule has 0 aliphatic heterocycles. The minimum atomic E-state index is -0.510. The predicted molar refractivity (Wildman–Crippen MR) is 56.9 cm³/mol. The Morgan fingerprint density at radius 1 is 1.46 bits per heavy atom. The zero-order valence-electron chi connectivity index (χ0n) is 8.32. The first-order chi connectivity index (χ1) is 6.07. The van der Waals surface area contributed by atoms with Crippen LogP contribution >= 0.6 is 12.6 Å². The van der Waals surface area contributed by atoms with Gasteiger partial charge in [0.1, 0.15) is 6.04 Å². The van der Waals surface area contributed by atoms with Gasteiger partial charge < -0.3 is 10.5 Å². The highest BCUT2D eigenvalue weighted by molar-refractivity contribution is 7.80. The third kappa shape index (κ3) is 6.90. The van der Waals surface area contributed by atoms with Gasteiger partial charge in [-0.05, 0) is 24.5 Å². The summed E-state index contributed by atoms with van der Waals surface area (Å²) in [7, 11) is 0. The molecule has 0 radical (unpaired) electrons. The lowest BCUT2D eigenvalue weighted by atomic mass is 10.1. The molecule has 0 aliphatic carbocycles. The number of carbonyl (C=O) groups excluding carboxylic acids is 1. The molecular weight excluding hydrogens is 186 g/mol. The van der Waals surface area contributed by atoms with Crippen LogP contribution in [0.5, 0.6) is 0 Å². The fourth-order valence-electron chi connectivity index (χ4n) is 0.759. The topological polar surface area (TPSA) is 52.3 Å². The summed E-state index contributed by atoms with van der Waals surface area (Å²) in [6.07, 6.45) is 1.46. The lowest BCUT2D eigenvalue weighted by Gasteiger charge is -2.10. The van der Waals surface area contributed by atoms with Gasteiger partial charge in [-0.3, -0.25) is 4.79 Å². The van der Waals surface area contributed by atoms with Crippen molar-refractivity contribution < 1.29 is 9.53 Å². The molecule has 0 aromatic carbocycles. The molecule has 0 bridgehead atoms.